The minimum absolute atomic E-state index is 0. The molecule has 1 N–H and O–H groups in total. The number of guanidine groups is 1. The Morgan fingerprint density at radius 1 is 1.23 bits per heavy atom. The van der Waals surface area contributed by atoms with Crippen molar-refractivity contribution in [3.63, 3.8) is 0 Å². The first-order chi connectivity index (χ1) is 14.3. The predicted octanol–water partition coefficient (Wildman–Crippen LogP) is 1.89. The average Bonchev–Trinajstić information content (AvgIpc) is 3.22. The lowest BCUT2D eigenvalue weighted by Crippen LogP contribution is -2.53. The largest absolute Gasteiger partial charge is 0.377 e. The minimum Gasteiger partial charge on any atom is -0.377 e. The number of sulfonamides is 1. The van der Waals surface area contributed by atoms with Crippen molar-refractivity contribution in [2.45, 2.75) is 19.2 Å². The Kier molecular flexibility index (Phi) is 9.13. The Hall–Kier alpha value is -1.86. The Bertz CT molecular complexity index is 971. The molecule has 0 radical (unpaired) electrons. The first-order valence-corrected chi connectivity index (χ1v) is 11.5. The van der Waals surface area contributed by atoms with E-state index >= 15 is 0 Å². The van der Waals surface area contributed by atoms with E-state index in [9.17, 15) is 8.42 Å². The third-order valence-corrected chi connectivity index (χ3v) is 6.94. The van der Waals surface area contributed by atoms with E-state index in [0.29, 0.717) is 38.4 Å². The minimum atomic E-state index is -3.42. The van der Waals surface area contributed by atoms with Gasteiger partial charge in [0.1, 0.15) is 12.0 Å². The number of benzene rings is 1. The molecule has 2 heterocycles. The van der Waals surface area contributed by atoms with Gasteiger partial charge in [-0.1, -0.05) is 17.3 Å². The standard InChI is InChI=1S/C20H30N6O3S.HI/c1-16-5-6-17(19(13-16)24(3)4)14-22-20(21-2)25-8-10-26(11-9-25)30(27,28)15-18-7-12-29-23-18;/h5-7,12-13H,8-11,14-15H2,1-4H3,(H,21,22);1H. The number of anilines is 1. The fourth-order valence-corrected chi connectivity index (χ4v) is 4.94. The van der Waals surface area contributed by atoms with Crippen molar-refractivity contribution in [3.05, 3.63) is 47.3 Å². The summed E-state index contributed by atoms with van der Waals surface area (Å²) < 4.78 is 31.5. The molecule has 1 aliphatic rings. The summed E-state index contributed by atoms with van der Waals surface area (Å²) in [7, 11) is 2.40. The number of nitrogens with zero attached hydrogens (tertiary/aromatic N) is 5. The Morgan fingerprint density at radius 3 is 2.52 bits per heavy atom. The Balaban J connectivity index is 0.00000341. The van der Waals surface area contributed by atoms with Gasteiger partial charge in [0.05, 0.1) is 5.69 Å². The van der Waals surface area contributed by atoms with Crippen molar-refractivity contribution in [2.75, 3.05) is 52.2 Å². The lowest BCUT2D eigenvalue weighted by Gasteiger charge is -2.35. The number of aromatic nitrogens is 1. The van der Waals surface area contributed by atoms with Crippen LogP contribution in [0.2, 0.25) is 0 Å². The smallest absolute Gasteiger partial charge is 0.220 e. The number of aryl methyl sites for hydroxylation is 1. The molecule has 0 amide bonds. The summed E-state index contributed by atoms with van der Waals surface area (Å²) in [6.07, 6.45) is 1.38. The summed E-state index contributed by atoms with van der Waals surface area (Å²) in [6, 6.07) is 7.97. The van der Waals surface area contributed by atoms with Crippen LogP contribution in [0.5, 0.6) is 0 Å². The summed E-state index contributed by atoms with van der Waals surface area (Å²) in [6.45, 7) is 4.70. The molecule has 9 nitrogen and oxygen atoms in total. The van der Waals surface area contributed by atoms with E-state index < -0.39 is 10.0 Å². The molecular weight excluding hydrogens is 531 g/mol. The number of hydrogen-bond acceptors (Lipinski definition) is 6. The summed E-state index contributed by atoms with van der Waals surface area (Å²) in [5.41, 5.74) is 3.99. The van der Waals surface area contributed by atoms with E-state index in [1.54, 1.807) is 13.1 Å². The fourth-order valence-electron chi connectivity index (χ4n) is 3.51. The van der Waals surface area contributed by atoms with Crippen LogP contribution in [-0.4, -0.2) is 76.1 Å². The molecule has 0 spiro atoms. The highest BCUT2D eigenvalue weighted by Gasteiger charge is 2.29. The number of piperazine rings is 1. The monoisotopic (exact) mass is 562 g/mol. The van der Waals surface area contributed by atoms with Gasteiger partial charge >= 0.3 is 0 Å². The van der Waals surface area contributed by atoms with Crippen LogP contribution in [0.1, 0.15) is 16.8 Å². The highest BCUT2D eigenvalue weighted by atomic mass is 127. The van der Waals surface area contributed by atoms with Crippen LogP contribution in [0, 0.1) is 6.92 Å². The zero-order valence-electron chi connectivity index (χ0n) is 18.4. The van der Waals surface area contributed by atoms with E-state index in [4.69, 9.17) is 4.52 Å². The summed E-state index contributed by atoms with van der Waals surface area (Å²) >= 11 is 0. The fraction of sp³-hybridized carbons (Fsp3) is 0.500. The molecule has 1 aliphatic heterocycles. The van der Waals surface area contributed by atoms with Crippen molar-refractivity contribution in [3.8, 4) is 0 Å². The lowest BCUT2D eigenvalue weighted by molar-refractivity contribution is 0.259. The van der Waals surface area contributed by atoms with Gasteiger partial charge in [0.2, 0.25) is 10.0 Å². The number of aliphatic imine (C=N–C) groups is 1. The maximum Gasteiger partial charge on any atom is 0.220 e. The molecule has 1 saturated heterocycles. The number of nitrogens with one attached hydrogen (secondary N) is 1. The maximum atomic E-state index is 12.6. The van der Waals surface area contributed by atoms with Gasteiger partial charge in [-0.2, -0.15) is 4.31 Å². The maximum absolute atomic E-state index is 12.6. The molecular formula is C20H31IN6O3S. The molecule has 1 aromatic heterocycles. The molecule has 2 aromatic rings. The van der Waals surface area contributed by atoms with Crippen LogP contribution >= 0.6 is 24.0 Å². The van der Waals surface area contributed by atoms with Gasteiger partial charge in [-0.3, -0.25) is 4.99 Å². The van der Waals surface area contributed by atoms with Gasteiger partial charge in [-0.05, 0) is 24.1 Å². The first kappa shape index (κ1) is 25.4. The first-order valence-electron chi connectivity index (χ1n) is 9.89. The van der Waals surface area contributed by atoms with Gasteiger partial charge in [0.25, 0.3) is 0 Å². The molecule has 0 atom stereocenters. The SMILES string of the molecule is CN=C(NCc1ccc(C)cc1N(C)C)N1CCN(S(=O)(=O)Cc2ccon2)CC1.I. The summed E-state index contributed by atoms with van der Waals surface area (Å²) in [5, 5.41) is 7.13. The van der Waals surface area contributed by atoms with Crippen molar-refractivity contribution in [1.29, 1.82) is 0 Å². The second-order valence-corrected chi connectivity index (χ2v) is 9.53. The molecule has 11 heteroatoms. The molecule has 0 bridgehead atoms. The molecule has 1 aromatic carbocycles. The summed E-state index contributed by atoms with van der Waals surface area (Å²) in [5.74, 6) is 0.630. The average molecular weight is 562 g/mol. The van der Waals surface area contributed by atoms with Crippen molar-refractivity contribution in [1.82, 2.24) is 19.7 Å². The van der Waals surface area contributed by atoms with Gasteiger partial charge in [0.15, 0.2) is 5.96 Å². The second-order valence-electron chi connectivity index (χ2n) is 7.56. The van der Waals surface area contributed by atoms with Crippen molar-refractivity contribution < 1.29 is 12.9 Å². The number of halogens is 1. The highest BCUT2D eigenvalue weighted by molar-refractivity contribution is 14.0. The van der Waals surface area contributed by atoms with Crippen LogP contribution in [-0.2, 0) is 22.3 Å². The van der Waals surface area contributed by atoms with E-state index in [2.05, 4.69) is 50.4 Å². The second kappa shape index (κ2) is 11.1. The molecule has 0 unspecified atom stereocenters. The molecule has 0 saturated carbocycles. The topological polar surface area (TPSA) is 94.3 Å². The third kappa shape index (κ3) is 6.56. The predicted molar refractivity (Wildman–Crippen MR) is 133 cm³/mol. The van der Waals surface area contributed by atoms with Gasteiger partial charge < -0.3 is 19.6 Å². The van der Waals surface area contributed by atoms with E-state index in [1.165, 1.54) is 27.4 Å². The molecule has 172 valence electrons. The number of hydrogen-bond donors (Lipinski definition) is 1. The zero-order chi connectivity index (χ0) is 21.7. The third-order valence-electron chi connectivity index (χ3n) is 5.12. The van der Waals surface area contributed by atoms with Crippen LogP contribution < -0.4 is 10.2 Å². The van der Waals surface area contributed by atoms with Crippen LogP contribution in [0.15, 0.2) is 40.0 Å². The zero-order valence-corrected chi connectivity index (χ0v) is 21.6. The Labute approximate surface area is 201 Å². The van der Waals surface area contributed by atoms with Crippen molar-refractivity contribution in [2.24, 2.45) is 4.99 Å². The van der Waals surface area contributed by atoms with E-state index in [1.807, 2.05) is 14.1 Å². The van der Waals surface area contributed by atoms with E-state index in [0.717, 1.165) is 5.96 Å². The molecule has 31 heavy (non-hydrogen) atoms. The van der Waals surface area contributed by atoms with Crippen LogP contribution in [0.4, 0.5) is 5.69 Å². The van der Waals surface area contributed by atoms with Gasteiger partial charge in [-0.25, -0.2) is 8.42 Å². The highest BCUT2D eigenvalue weighted by Crippen LogP contribution is 2.20. The molecule has 3 rings (SSSR count). The normalized spacial score (nSPS) is 15.5. The van der Waals surface area contributed by atoms with Crippen LogP contribution in [0.25, 0.3) is 0 Å². The van der Waals surface area contributed by atoms with Crippen LogP contribution in [0.3, 0.4) is 0 Å². The lowest BCUT2D eigenvalue weighted by atomic mass is 10.1. The van der Waals surface area contributed by atoms with E-state index in [-0.39, 0.29) is 29.7 Å². The molecule has 0 aliphatic carbocycles. The Morgan fingerprint density at radius 2 is 1.94 bits per heavy atom. The van der Waals surface area contributed by atoms with Gasteiger partial charge in [0, 0.05) is 65.6 Å². The summed E-state index contributed by atoms with van der Waals surface area (Å²) in [4.78, 5) is 8.59. The van der Waals surface area contributed by atoms with Crippen molar-refractivity contribution >= 4 is 45.6 Å². The quantitative estimate of drug-likeness (QED) is 0.327. The van der Waals surface area contributed by atoms with Gasteiger partial charge in [-0.15, -0.1) is 24.0 Å². The number of rotatable bonds is 6. The molecule has 1 fully saturated rings.